The van der Waals surface area contributed by atoms with Gasteiger partial charge in [0.1, 0.15) is 0 Å². The van der Waals surface area contributed by atoms with E-state index in [1.807, 2.05) is 12.3 Å². The Balaban J connectivity index is 1.08. The summed E-state index contributed by atoms with van der Waals surface area (Å²) < 4.78 is 0. The van der Waals surface area contributed by atoms with Crippen LogP contribution in [0, 0.1) is 0 Å². The summed E-state index contributed by atoms with van der Waals surface area (Å²) >= 11 is 0. The van der Waals surface area contributed by atoms with Crippen LogP contribution in [0.4, 0.5) is 0 Å². The van der Waals surface area contributed by atoms with Crippen LogP contribution in [0.1, 0.15) is 49.9 Å². The molecule has 12 rings (SSSR count). The predicted molar refractivity (Wildman–Crippen MR) is 251 cm³/mol. The van der Waals surface area contributed by atoms with Crippen molar-refractivity contribution < 1.29 is 0 Å². The van der Waals surface area contributed by atoms with Gasteiger partial charge < -0.3 is 0 Å². The number of hydrogen-bond acceptors (Lipinski definition) is 2. The zero-order chi connectivity index (χ0) is 40.3. The van der Waals surface area contributed by atoms with E-state index in [0.717, 1.165) is 44.0 Å². The zero-order valence-electron chi connectivity index (χ0n) is 34.2. The molecule has 0 fully saturated rings. The predicted octanol–water partition coefficient (Wildman–Crippen LogP) is 15.2. The molecule has 0 spiro atoms. The van der Waals surface area contributed by atoms with Crippen molar-refractivity contribution in [3.63, 3.8) is 0 Å². The highest BCUT2D eigenvalue weighted by Crippen LogP contribution is 2.52. The minimum Gasteiger partial charge on any atom is -0.256 e. The summed E-state index contributed by atoms with van der Waals surface area (Å²) in [4.78, 5) is 10.2. The molecule has 2 aliphatic rings. The van der Waals surface area contributed by atoms with Crippen LogP contribution in [0.5, 0.6) is 0 Å². The fourth-order valence-corrected chi connectivity index (χ4v) is 10.6. The number of nitrogens with zero attached hydrogens (tertiary/aromatic N) is 2. The van der Waals surface area contributed by atoms with E-state index in [2.05, 4.69) is 203 Å². The summed E-state index contributed by atoms with van der Waals surface area (Å²) in [5.74, 6) is 0. The lowest BCUT2D eigenvalue weighted by Gasteiger charge is -2.23. The minimum atomic E-state index is -0.118. The molecule has 0 saturated heterocycles. The zero-order valence-corrected chi connectivity index (χ0v) is 34.2. The molecule has 2 aliphatic carbocycles. The molecule has 2 heterocycles. The number of para-hydroxylation sites is 1. The van der Waals surface area contributed by atoms with Crippen LogP contribution in [0.25, 0.3) is 99.5 Å². The van der Waals surface area contributed by atoms with Crippen LogP contribution >= 0.6 is 0 Å². The Bertz CT molecular complexity index is 3420. The standard InChI is InChI=1S/C58H42N2/c1-57(2)50-18-10-7-14-41(50)43-27-25-37(31-52(43)57)47-33-49-48(38-26-28-44-42-15-8-11-19-51(42)58(3,4)53(44)32-38)34-55(60-56(49)46-17-6-5-13-40(46)47)36-23-21-35(22-24-36)39-29-30-59-54-20-12-9-16-45(39)54/h5-34H,1-4H3. The summed E-state index contributed by atoms with van der Waals surface area (Å²) in [6.45, 7) is 9.46. The van der Waals surface area contributed by atoms with Crippen molar-refractivity contribution in [3.8, 4) is 66.9 Å². The highest BCUT2D eigenvalue weighted by Gasteiger charge is 2.37. The average Bonchev–Trinajstić information content (AvgIpc) is 3.67. The summed E-state index contributed by atoms with van der Waals surface area (Å²) in [6, 6.07) is 65.0. The molecular weight excluding hydrogens is 725 g/mol. The first kappa shape index (κ1) is 34.8. The molecule has 2 aromatic heterocycles. The van der Waals surface area contributed by atoms with E-state index < -0.39 is 0 Å². The Hall–Kier alpha value is -7.16. The third-order valence-electron chi connectivity index (χ3n) is 13.7. The average molecular weight is 767 g/mol. The second kappa shape index (κ2) is 12.7. The molecule has 0 N–H and O–H groups in total. The summed E-state index contributed by atoms with van der Waals surface area (Å²) in [6.07, 6.45) is 1.90. The van der Waals surface area contributed by atoms with Gasteiger partial charge in [0, 0.05) is 38.7 Å². The van der Waals surface area contributed by atoms with E-state index in [1.165, 1.54) is 77.7 Å². The maximum atomic E-state index is 5.58. The molecule has 0 saturated carbocycles. The number of rotatable bonds is 4. The molecule has 0 amide bonds. The fraction of sp³-hybridized carbons (Fsp3) is 0.103. The van der Waals surface area contributed by atoms with E-state index in [4.69, 9.17) is 4.98 Å². The van der Waals surface area contributed by atoms with Crippen molar-refractivity contribution in [2.45, 2.75) is 38.5 Å². The van der Waals surface area contributed by atoms with Crippen molar-refractivity contribution in [3.05, 3.63) is 204 Å². The Morgan fingerprint density at radius 3 is 1.48 bits per heavy atom. The molecule has 0 bridgehead atoms. The first-order valence-corrected chi connectivity index (χ1v) is 21.1. The van der Waals surface area contributed by atoms with Crippen molar-refractivity contribution in [1.29, 1.82) is 0 Å². The molecule has 8 aromatic carbocycles. The van der Waals surface area contributed by atoms with Crippen molar-refractivity contribution >= 4 is 32.6 Å². The molecule has 0 aliphatic heterocycles. The van der Waals surface area contributed by atoms with Gasteiger partial charge in [0.25, 0.3) is 0 Å². The van der Waals surface area contributed by atoms with Crippen LogP contribution in [0.15, 0.2) is 182 Å². The fourth-order valence-electron chi connectivity index (χ4n) is 10.6. The molecule has 60 heavy (non-hydrogen) atoms. The molecular formula is C58H42N2. The van der Waals surface area contributed by atoms with E-state index in [1.54, 1.807) is 0 Å². The Morgan fingerprint density at radius 2 is 0.833 bits per heavy atom. The first-order chi connectivity index (χ1) is 29.3. The van der Waals surface area contributed by atoms with Crippen LogP contribution in [0.2, 0.25) is 0 Å². The molecule has 0 atom stereocenters. The first-order valence-electron chi connectivity index (χ1n) is 21.1. The molecule has 10 aromatic rings. The lowest BCUT2D eigenvalue weighted by molar-refractivity contribution is 0.660. The maximum absolute atomic E-state index is 5.58. The Morgan fingerprint density at radius 1 is 0.333 bits per heavy atom. The van der Waals surface area contributed by atoms with Gasteiger partial charge in [-0.15, -0.1) is 0 Å². The lowest BCUT2D eigenvalue weighted by Crippen LogP contribution is -2.15. The minimum absolute atomic E-state index is 0.0922. The van der Waals surface area contributed by atoms with Gasteiger partial charge in [-0.1, -0.05) is 167 Å². The smallest absolute Gasteiger partial charge is 0.0794 e. The third kappa shape index (κ3) is 5.01. The van der Waals surface area contributed by atoms with Crippen LogP contribution in [-0.2, 0) is 10.8 Å². The van der Waals surface area contributed by atoms with E-state index in [-0.39, 0.29) is 10.8 Å². The molecule has 284 valence electrons. The quantitative estimate of drug-likeness (QED) is 0.167. The molecule has 2 nitrogen and oxygen atoms in total. The van der Waals surface area contributed by atoms with Crippen molar-refractivity contribution in [2.75, 3.05) is 0 Å². The largest absolute Gasteiger partial charge is 0.256 e. The van der Waals surface area contributed by atoms with Crippen LogP contribution in [0.3, 0.4) is 0 Å². The van der Waals surface area contributed by atoms with Gasteiger partial charge >= 0.3 is 0 Å². The van der Waals surface area contributed by atoms with Crippen molar-refractivity contribution in [2.24, 2.45) is 0 Å². The topological polar surface area (TPSA) is 25.8 Å². The van der Waals surface area contributed by atoms with Crippen molar-refractivity contribution in [1.82, 2.24) is 9.97 Å². The summed E-state index contributed by atoms with van der Waals surface area (Å²) in [5.41, 5.74) is 21.9. The normalized spacial score (nSPS) is 14.3. The monoisotopic (exact) mass is 766 g/mol. The number of pyridine rings is 2. The van der Waals surface area contributed by atoms with Gasteiger partial charge in [0.05, 0.1) is 16.7 Å². The Labute approximate surface area is 350 Å². The maximum Gasteiger partial charge on any atom is 0.0794 e. The van der Waals surface area contributed by atoms with E-state index in [9.17, 15) is 0 Å². The Kier molecular flexibility index (Phi) is 7.36. The van der Waals surface area contributed by atoms with Gasteiger partial charge in [-0.25, -0.2) is 4.98 Å². The van der Waals surface area contributed by atoms with E-state index >= 15 is 0 Å². The number of aromatic nitrogens is 2. The van der Waals surface area contributed by atoms with Gasteiger partial charge in [0.2, 0.25) is 0 Å². The molecule has 0 radical (unpaired) electrons. The van der Waals surface area contributed by atoms with E-state index in [0.29, 0.717) is 0 Å². The second-order valence-electron chi connectivity index (χ2n) is 17.7. The highest BCUT2D eigenvalue weighted by atomic mass is 14.7. The lowest BCUT2D eigenvalue weighted by atomic mass is 9.81. The van der Waals surface area contributed by atoms with Gasteiger partial charge in [-0.2, -0.15) is 0 Å². The van der Waals surface area contributed by atoms with Crippen LogP contribution in [-0.4, -0.2) is 9.97 Å². The van der Waals surface area contributed by atoms with Crippen LogP contribution < -0.4 is 0 Å². The van der Waals surface area contributed by atoms with Gasteiger partial charge in [-0.3, -0.25) is 4.98 Å². The number of fused-ring (bicyclic) bond motifs is 10. The SMILES string of the molecule is CC1(C)c2ccccc2-c2ccc(-c3cc4c(-c5ccc6c(c5)C(C)(C)c5ccccc5-6)cc(-c5ccc(-c6ccnc7ccccc67)cc5)nc4c4ccccc34)cc21. The molecule has 0 unspecified atom stereocenters. The van der Waals surface area contributed by atoms with Gasteiger partial charge in [0.15, 0.2) is 0 Å². The molecule has 2 heteroatoms. The number of hydrogen-bond donors (Lipinski definition) is 0. The third-order valence-corrected chi connectivity index (χ3v) is 13.7. The summed E-state index contributed by atoms with van der Waals surface area (Å²) in [5, 5.41) is 4.67. The highest BCUT2D eigenvalue weighted by molar-refractivity contribution is 6.16. The number of benzene rings is 8. The summed E-state index contributed by atoms with van der Waals surface area (Å²) in [7, 11) is 0. The van der Waals surface area contributed by atoms with Gasteiger partial charge in [-0.05, 0) is 120 Å². The second-order valence-corrected chi connectivity index (χ2v) is 17.7.